The van der Waals surface area contributed by atoms with E-state index in [1.165, 1.54) is 90.5 Å². The van der Waals surface area contributed by atoms with Gasteiger partial charge in [-0.15, -0.1) is 0 Å². The molecule has 0 aliphatic rings. The van der Waals surface area contributed by atoms with Crippen LogP contribution in [0.4, 0.5) is 0 Å². The largest absolute Gasteiger partial charge is 0.0622 e. The molecule has 0 bridgehead atoms. The molecule has 8 aromatic rings. The molecule has 0 aliphatic heterocycles. The summed E-state index contributed by atoms with van der Waals surface area (Å²) in [5, 5.41) is 16.4. The lowest BCUT2D eigenvalue weighted by Gasteiger charge is -2.26. The van der Waals surface area contributed by atoms with Gasteiger partial charge in [0, 0.05) is 9.13 Å². The molecule has 0 amide bonds. The van der Waals surface area contributed by atoms with Crippen molar-refractivity contribution in [3.05, 3.63) is 106 Å². The number of fused-ring (bicyclic) bond motifs is 2. The van der Waals surface area contributed by atoms with Crippen molar-refractivity contribution < 1.29 is 0 Å². The molecule has 0 aromatic heterocycles. The minimum absolute atomic E-state index is 0.0725. The summed E-state index contributed by atoms with van der Waals surface area (Å²) in [6.07, 6.45) is 0. The predicted octanol–water partition coefficient (Wildman–Crippen LogP) is 12.3. The van der Waals surface area contributed by atoms with Gasteiger partial charge in [0.2, 0.25) is 0 Å². The van der Waals surface area contributed by atoms with E-state index in [1.807, 2.05) is 0 Å². The molecule has 0 unspecified atom stereocenters. The maximum atomic E-state index is 2.64. The number of hydrogen-bond acceptors (Lipinski definition) is 0. The molecule has 200 valence electrons. The lowest BCUT2D eigenvalue weighted by molar-refractivity contribution is 0.591. The molecule has 0 aliphatic carbocycles. The fourth-order valence-electron chi connectivity index (χ4n) is 7.10. The van der Waals surface area contributed by atoms with Crippen LogP contribution in [-0.4, -0.2) is 0 Å². The van der Waals surface area contributed by atoms with Gasteiger partial charge >= 0.3 is 0 Å². The lowest BCUT2D eigenvalue weighted by Crippen LogP contribution is -2.11. The van der Waals surface area contributed by atoms with Gasteiger partial charge in [0.15, 0.2) is 0 Å². The summed E-state index contributed by atoms with van der Waals surface area (Å²) < 4.78 is 1.34. The first-order valence-corrected chi connectivity index (χ1v) is 15.7. The van der Waals surface area contributed by atoms with E-state index < -0.39 is 0 Å². The van der Waals surface area contributed by atoms with Gasteiger partial charge in [-0.1, -0.05) is 126 Å². The molecule has 1 heteroatoms. The van der Waals surface area contributed by atoms with Crippen molar-refractivity contribution >= 4 is 87.2 Å². The molecule has 0 saturated carbocycles. The second-order valence-corrected chi connectivity index (χ2v) is 15.0. The zero-order valence-corrected chi connectivity index (χ0v) is 26.7. The standard InChI is InChI=1S/C40H33I/c1-39(2,3)26-18-23-12-15-28-29-16-13-25-20-27(40(4,5)6)21-31-33(25)36(29)37(30-17-14-24(19-26)32(23)35(28)30)34(38(31)41)22-10-8-7-9-11-22/h7-21H,1-6H3. The van der Waals surface area contributed by atoms with Crippen LogP contribution in [0.15, 0.2) is 91.0 Å². The third-order valence-electron chi connectivity index (χ3n) is 9.27. The molecule has 0 radical (unpaired) electrons. The van der Waals surface area contributed by atoms with Gasteiger partial charge in [0.1, 0.15) is 0 Å². The Balaban J connectivity index is 1.67. The highest BCUT2D eigenvalue weighted by Gasteiger charge is 2.25. The van der Waals surface area contributed by atoms with Crippen LogP contribution in [-0.2, 0) is 10.8 Å². The first kappa shape index (κ1) is 25.3. The summed E-state index contributed by atoms with van der Waals surface area (Å²) in [4.78, 5) is 0. The van der Waals surface area contributed by atoms with Gasteiger partial charge in [0.05, 0.1) is 0 Å². The van der Waals surface area contributed by atoms with E-state index in [4.69, 9.17) is 0 Å². The molecule has 0 nitrogen and oxygen atoms in total. The zero-order chi connectivity index (χ0) is 28.4. The Kier molecular flexibility index (Phi) is 5.13. The average molecular weight is 641 g/mol. The van der Waals surface area contributed by atoms with Crippen molar-refractivity contribution in [3.63, 3.8) is 0 Å². The third-order valence-corrected chi connectivity index (χ3v) is 10.4. The summed E-state index contributed by atoms with van der Waals surface area (Å²) in [7, 11) is 0. The number of rotatable bonds is 1. The number of benzene rings is 8. The van der Waals surface area contributed by atoms with Gasteiger partial charge in [-0.05, 0) is 121 Å². The van der Waals surface area contributed by atoms with Gasteiger partial charge < -0.3 is 0 Å². The fraction of sp³-hybridized carbons (Fsp3) is 0.200. The maximum Gasteiger partial charge on any atom is 0.0294 e. The highest BCUT2D eigenvalue weighted by atomic mass is 127. The molecular weight excluding hydrogens is 607 g/mol. The monoisotopic (exact) mass is 640 g/mol. The minimum atomic E-state index is 0.0725. The average Bonchev–Trinajstić information content (AvgIpc) is 2.94. The smallest absolute Gasteiger partial charge is 0.0294 e. The summed E-state index contributed by atoms with van der Waals surface area (Å²) >= 11 is 2.64. The predicted molar refractivity (Wildman–Crippen MR) is 189 cm³/mol. The molecule has 0 spiro atoms. The topological polar surface area (TPSA) is 0 Å². The Morgan fingerprint density at radius 1 is 0.439 bits per heavy atom. The van der Waals surface area contributed by atoms with Crippen LogP contribution < -0.4 is 0 Å². The zero-order valence-electron chi connectivity index (χ0n) is 24.5. The molecule has 0 saturated heterocycles. The van der Waals surface area contributed by atoms with E-state index in [1.54, 1.807) is 0 Å². The second-order valence-electron chi connectivity index (χ2n) is 13.9. The fourth-order valence-corrected chi connectivity index (χ4v) is 8.11. The Morgan fingerprint density at radius 2 is 0.951 bits per heavy atom. The molecule has 0 N–H and O–H groups in total. The van der Waals surface area contributed by atoms with Gasteiger partial charge in [-0.3, -0.25) is 0 Å². The first-order valence-electron chi connectivity index (χ1n) is 14.6. The summed E-state index contributed by atoms with van der Waals surface area (Å²) in [5.41, 5.74) is 5.59. The third kappa shape index (κ3) is 3.51. The maximum absolute atomic E-state index is 2.64. The van der Waals surface area contributed by atoms with E-state index in [9.17, 15) is 0 Å². The van der Waals surface area contributed by atoms with Crippen LogP contribution in [0.3, 0.4) is 0 Å². The first-order chi connectivity index (χ1) is 19.5. The van der Waals surface area contributed by atoms with Gasteiger partial charge in [0.25, 0.3) is 0 Å². The second kappa shape index (κ2) is 8.32. The van der Waals surface area contributed by atoms with Crippen molar-refractivity contribution in [3.8, 4) is 11.1 Å². The van der Waals surface area contributed by atoms with E-state index >= 15 is 0 Å². The Labute approximate surface area is 255 Å². The Hall–Kier alpha value is -3.43. The molecule has 41 heavy (non-hydrogen) atoms. The SMILES string of the molecule is CC(C)(C)c1cc2ccc3c4ccc5cc(C(C)(C)C)cc6c(I)c(-c7ccccc7)c(c7ccc(c1)c2c37)c4c56. The van der Waals surface area contributed by atoms with E-state index in [-0.39, 0.29) is 10.8 Å². The normalized spacial score (nSPS) is 13.2. The molecule has 0 fully saturated rings. The summed E-state index contributed by atoms with van der Waals surface area (Å²) in [5.74, 6) is 0. The molecule has 0 heterocycles. The van der Waals surface area contributed by atoms with Crippen molar-refractivity contribution in [1.29, 1.82) is 0 Å². The lowest BCUT2D eigenvalue weighted by atomic mass is 9.79. The van der Waals surface area contributed by atoms with Crippen LogP contribution in [0.2, 0.25) is 0 Å². The molecule has 8 rings (SSSR count). The number of halogens is 1. The minimum Gasteiger partial charge on any atom is -0.0622 e. The highest BCUT2D eigenvalue weighted by molar-refractivity contribution is 14.1. The Bertz CT molecular complexity index is 2290. The van der Waals surface area contributed by atoms with E-state index in [2.05, 4.69) is 155 Å². The summed E-state index contributed by atoms with van der Waals surface area (Å²) in [6.45, 7) is 13.9. The van der Waals surface area contributed by atoms with Gasteiger partial charge in [-0.25, -0.2) is 0 Å². The Morgan fingerprint density at radius 3 is 1.54 bits per heavy atom. The van der Waals surface area contributed by atoms with Crippen molar-refractivity contribution in [2.75, 3.05) is 0 Å². The van der Waals surface area contributed by atoms with Crippen LogP contribution in [0.1, 0.15) is 52.7 Å². The van der Waals surface area contributed by atoms with E-state index in [0.717, 1.165) is 0 Å². The van der Waals surface area contributed by atoms with Crippen molar-refractivity contribution in [2.45, 2.75) is 52.4 Å². The summed E-state index contributed by atoms with van der Waals surface area (Å²) in [6, 6.07) is 35.1. The van der Waals surface area contributed by atoms with Crippen LogP contribution in [0.5, 0.6) is 0 Å². The number of hydrogen-bond donors (Lipinski definition) is 0. The van der Waals surface area contributed by atoms with Crippen LogP contribution in [0.25, 0.3) is 75.8 Å². The van der Waals surface area contributed by atoms with Crippen molar-refractivity contribution in [2.24, 2.45) is 0 Å². The molecule has 0 atom stereocenters. The van der Waals surface area contributed by atoms with Crippen molar-refractivity contribution in [1.82, 2.24) is 0 Å². The van der Waals surface area contributed by atoms with Crippen LogP contribution in [0, 0.1) is 3.57 Å². The highest BCUT2D eigenvalue weighted by Crippen LogP contribution is 2.51. The van der Waals surface area contributed by atoms with E-state index in [0.29, 0.717) is 0 Å². The van der Waals surface area contributed by atoms with Crippen LogP contribution >= 0.6 is 22.6 Å². The quantitative estimate of drug-likeness (QED) is 0.0952. The van der Waals surface area contributed by atoms with Gasteiger partial charge in [-0.2, -0.15) is 0 Å². The molecular formula is C40H33I. The molecule has 8 aromatic carbocycles.